The molecule has 48 heavy (non-hydrogen) atoms. The molecule has 2 aromatic carbocycles. The third-order valence-corrected chi connectivity index (χ3v) is 7.62. The number of amides is 3. The van der Waals surface area contributed by atoms with Crippen molar-refractivity contribution >= 4 is 29.7 Å². The Hall–Kier alpha value is -4.59. The van der Waals surface area contributed by atoms with Crippen LogP contribution < -0.4 is 10.1 Å². The lowest BCUT2D eigenvalue weighted by atomic mass is 9.80. The summed E-state index contributed by atoms with van der Waals surface area (Å²) >= 11 is 6.14. The minimum atomic E-state index is -4.79. The maximum absolute atomic E-state index is 14.2. The summed E-state index contributed by atoms with van der Waals surface area (Å²) in [6.07, 6.45) is -8.32. The zero-order valence-electron chi connectivity index (χ0n) is 26.6. The van der Waals surface area contributed by atoms with E-state index in [9.17, 15) is 31.9 Å². The lowest BCUT2D eigenvalue weighted by Gasteiger charge is -2.42. The van der Waals surface area contributed by atoms with Crippen molar-refractivity contribution in [3.05, 3.63) is 94.8 Å². The maximum atomic E-state index is 14.2. The molecule has 1 aliphatic rings. The van der Waals surface area contributed by atoms with Gasteiger partial charge in [0.15, 0.2) is 6.04 Å². The van der Waals surface area contributed by atoms with Gasteiger partial charge in [-0.05, 0) is 56.2 Å². The number of piperazine rings is 1. The highest BCUT2D eigenvalue weighted by atomic mass is 35.5. The highest BCUT2D eigenvalue weighted by Crippen LogP contribution is 2.37. The number of aromatic nitrogens is 1. The fourth-order valence-electron chi connectivity index (χ4n) is 5.18. The summed E-state index contributed by atoms with van der Waals surface area (Å²) in [5, 5.41) is 3.25. The maximum Gasteiger partial charge on any atom is 0.461 e. The summed E-state index contributed by atoms with van der Waals surface area (Å²) in [6, 6.07) is 15.0. The second-order valence-electron chi connectivity index (χ2n) is 12.0. The number of pyridine rings is 1. The van der Waals surface area contributed by atoms with Gasteiger partial charge in [0, 0.05) is 25.7 Å². The summed E-state index contributed by atoms with van der Waals surface area (Å²) in [4.78, 5) is 47.0. The Morgan fingerprint density at radius 2 is 1.73 bits per heavy atom. The van der Waals surface area contributed by atoms with E-state index in [1.165, 1.54) is 40.3 Å². The molecule has 0 bridgehead atoms. The first-order chi connectivity index (χ1) is 22.5. The van der Waals surface area contributed by atoms with Gasteiger partial charge in [0.2, 0.25) is 0 Å². The molecule has 1 saturated heterocycles. The molecular formula is C33H35ClF4N4O6. The van der Waals surface area contributed by atoms with Crippen LogP contribution >= 0.6 is 11.6 Å². The number of benzene rings is 2. The topological polar surface area (TPSA) is 110 Å². The van der Waals surface area contributed by atoms with Crippen LogP contribution in [-0.2, 0) is 26.2 Å². The standard InChI is InChI=1S/C33H35ClF4N4O6/c1-31(2,3)48-30(45)42-16-15-41(20-25(42)27(43)46-4)29(44)40-32(18-21-9-6-5-7-10-21,26-14-13-23(34)19-39-26)22-11-8-12-24(17-22)47-33(37,38)28(35)36/h5-14,17,19,25,28H,15-16,18,20H2,1-4H3,(H,40,44)/t25?,32-/m1/s1. The molecule has 3 amide bonds. The van der Waals surface area contributed by atoms with Crippen molar-refractivity contribution < 1.29 is 46.2 Å². The Labute approximate surface area is 279 Å². The van der Waals surface area contributed by atoms with Gasteiger partial charge in [0.05, 0.1) is 24.4 Å². The van der Waals surface area contributed by atoms with Crippen LogP contribution in [-0.4, -0.2) is 83.8 Å². The number of halogens is 5. The van der Waals surface area contributed by atoms with E-state index < -0.39 is 53.6 Å². The molecule has 0 radical (unpaired) electrons. The lowest BCUT2D eigenvalue weighted by Crippen LogP contribution is -2.63. The number of carbonyl (C=O) groups excluding carboxylic acids is 3. The van der Waals surface area contributed by atoms with Gasteiger partial charge in [-0.1, -0.05) is 54.1 Å². The largest absolute Gasteiger partial charge is 0.467 e. The van der Waals surface area contributed by atoms with E-state index in [2.05, 4.69) is 15.0 Å². The van der Waals surface area contributed by atoms with E-state index >= 15 is 0 Å². The fraction of sp³-hybridized carbons (Fsp3) is 0.394. The molecule has 1 aromatic heterocycles. The number of methoxy groups -OCH3 is 1. The Kier molecular flexibility index (Phi) is 11.1. The summed E-state index contributed by atoms with van der Waals surface area (Å²) in [5.74, 6) is -1.37. The molecule has 0 spiro atoms. The van der Waals surface area contributed by atoms with Crippen LogP contribution in [0, 0.1) is 0 Å². The van der Waals surface area contributed by atoms with Crippen LogP contribution in [0.1, 0.15) is 37.6 Å². The second kappa shape index (κ2) is 14.7. The molecule has 0 aliphatic carbocycles. The first-order valence-electron chi connectivity index (χ1n) is 14.8. The van der Waals surface area contributed by atoms with Crippen molar-refractivity contribution in [2.75, 3.05) is 26.7 Å². The first-order valence-corrected chi connectivity index (χ1v) is 15.2. The van der Waals surface area contributed by atoms with Crippen LogP contribution in [0.4, 0.5) is 27.2 Å². The second-order valence-corrected chi connectivity index (χ2v) is 12.4. The van der Waals surface area contributed by atoms with Crippen LogP contribution in [0.3, 0.4) is 0 Å². The van der Waals surface area contributed by atoms with Crippen LogP contribution in [0.15, 0.2) is 72.9 Å². The van der Waals surface area contributed by atoms with Crippen molar-refractivity contribution in [3.8, 4) is 5.75 Å². The Morgan fingerprint density at radius 1 is 1.02 bits per heavy atom. The summed E-state index contributed by atoms with van der Waals surface area (Å²) in [7, 11) is 1.15. The summed E-state index contributed by atoms with van der Waals surface area (Å²) in [6.45, 7) is 4.63. The van der Waals surface area contributed by atoms with Crippen molar-refractivity contribution in [2.24, 2.45) is 0 Å². The molecule has 1 aliphatic heterocycles. The average molecular weight is 695 g/mol. The van der Waals surface area contributed by atoms with Gasteiger partial charge in [-0.3, -0.25) is 9.88 Å². The highest BCUT2D eigenvalue weighted by Gasteiger charge is 2.46. The van der Waals surface area contributed by atoms with E-state index in [1.807, 2.05) is 0 Å². The van der Waals surface area contributed by atoms with Crippen LogP contribution in [0.5, 0.6) is 5.75 Å². The molecule has 0 saturated carbocycles. The number of carbonyl (C=O) groups is 3. The summed E-state index contributed by atoms with van der Waals surface area (Å²) in [5.41, 5.74) is -1.42. The van der Waals surface area contributed by atoms with E-state index in [0.29, 0.717) is 5.56 Å². The fourth-order valence-corrected chi connectivity index (χ4v) is 5.30. The van der Waals surface area contributed by atoms with Crippen molar-refractivity contribution in [2.45, 2.75) is 56.9 Å². The minimum Gasteiger partial charge on any atom is -0.467 e. The molecule has 1 N–H and O–H groups in total. The number of hydrogen-bond donors (Lipinski definition) is 1. The number of rotatable bonds is 9. The predicted molar refractivity (Wildman–Crippen MR) is 167 cm³/mol. The van der Waals surface area contributed by atoms with Gasteiger partial charge >= 0.3 is 30.6 Å². The minimum absolute atomic E-state index is 0.00120. The molecular weight excluding hydrogens is 660 g/mol. The third-order valence-electron chi connectivity index (χ3n) is 7.40. The number of nitrogens with one attached hydrogen (secondary N) is 1. The zero-order chi connectivity index (χ0) is 35.3. The smallest absolute Gasteiger partial charge is 0.461 e. The van der Waals surface area contributed by atoms with E-state index in [0.717, 1.165) is 19.2 Å². The van der Waals surface area contributed by atoms with Crippen LogP contribution in [0.25, 0.3) is 0 Å². The van der Waals surface area contributed by atoms with E-state index in [1.54, 1.807) is 51.1 Å². The highest BCUT2D eigenvalue weighted by molar-refractivity contribution is 6.30. The van der Waals surface area contributed by atoms with Gasteiger partial charge in [-0.2, -0.15) is 17.6 Å². The van der Waals surface area contributed by atoms with Crippen LogP contribution in [0.2, 0.25) is 5.02 Å². The number of esters is 1. The van der Waals surface area contributed by atoms with Gasteiger partial charge in [-0.25, -0.2) is 14.4 Å². The van der Waals surface area contributed by atoms with Crippen molar-refractivity contribution in [1.82, 2.24) is 20.1 Å². The van der Waals surface area contributed by atoms with Crippen molar-refractivity contribution in [1.29, 1.82) is 0 Å². The number of hydrogen-bond acceptors (Lipinski definition) is 7. The third kappa shape index (κ3) is 8.65. The lowest BCUT2D eigenvalue weighted by molar-refractivity contribution is -0.253. The quantitative estimate of drug-likeness (QED) is 0.208. The monoisotopic (exact) mass is 694 g/mol. The first kappa shape index (κ1) is 36.2. The average Bonchev–Trinajstić information content (AvgIpc) is 3.03. The molecule has 3 aromatic rings. The normalized spacial score (nSPS) is 16.6. The Balaban J connectivity index is 1.79. The molecule has 1 fully saturated rings. The molecule has 2 atom stereocenters. The SMILES string of the molecule is COC(=O)C1CN(C(=O)N[C@](Cc2ccccc2)(c2cccc(OC(F)(F)C(F)F)c2)c2ccc(Cl)cn2)CCN1C(=O)OC(C)(C)C. The Bertz CT molecular complexity index is 1590. The Morgan fingerprint density at radius 3 is 2.33 bits per heavy atom. The van der Waals surface area contributed by atoms with Gasteiger partial charge in [0.25, 0.3) is 0 Å². The molecule has 10 nitrogen and oxygen atoms in total. The molecule has 4 rings (SSSR count). The van der Waals surface area contributed by atoms with E-state index in [4.69, 9.17) is 21.1 Å². The number of ether oxygens (including phenoxy) is 3. The number of alkyl halides is 4. The molecule has 1 unspecified atom stereocenters. The number of nitrogens with zero attached hydrogens (tertiary/aromatic N) is 3. The summed E-state index contributed by atoms with van der Waals surface area (Å²) < 4.78 is 68.9. The molecule has 15 heteroatoms. The van der Waals surface area contributed by atoms with Gasteiger partial charge in [0.1, 0.15) is 16.9 Å². The van der Waals surface area contributed by atoms with Crippen molar-refractivity contribution in [3.63, 3.8) is 0 Å². The molecule has 258 valence electrons. The predicted octanol–water partition coefficient (Wildman–Crippen LogP) is 6.26. The van der Waals surface area contributed by atoms with Gasteiger partial charge in [-0.15, -0.1) is 0 Å². The zero-order valence-corrected chi connectivity index (χ0v) is 27.3. The van der Waals surface area contributed by atoms with Gasteiger partial charge < -0.3 is 24.4 Å². The molecule has 2 heterocycles. The van der Waals surface area contributed by atoms with E-state index in [-0.39, 0.29) is 42.3 Å². The number of urea groups is 1.